The van der Waals surface area contributed by atoms with E-state index >= 15 is 0 Å². The largest absolute Gasteiger partial charge is 0.480 e. The summed E-state index contributed by atoms with van der Waals surface area (Å²) >= 11 is 0. The normalized spacial score (nSPS) is 30.9. The van der Waals surface area contributed by atoms with Gasteiger partial charge in [-0.15, -0.1) is 0 Å². The number of aliphatic carboxylic acids is 1. The Kier molecular flexibility index (Phi) is 5.56. The molecule has 2 saturated carbocycles. The first kappa shape index (κ1) is 22.7. The lowest BCUT2D eigenvalue weighted by Crippen LogP contribution is -2.57. The summed E-state index contributed by atoms with van der Waals surface area (Å²) in [5, 5.41) is 12.3. The Morgan fingerprint density at radius 2 is 1.73 bits per heavy atom. The molecule has 4 atom stereocenters. The molecule has 0 aromatic heterocycles. The van der Waals surface area contributed by atoms with E-state index in [1.165, 1.54) is 4.90 Å². The number of rotatable bonds is 4. The van der Waals surface area contributed by atoms with Crippen molar-refractivity contribution in [2.45, 2.75) is 83.9 Å². The van der Waals surface area contributed by atoms with Crippen LogP contribution in [0, 0.1) is 23.2 Å². The Hall–Kier alpha value is -1.93. The number of alkyl halides is 2. The second-order valence-electron chi connectivity index (χ2n) is 10.5. The van der Waals surface area contributed by atoms with Gasteiger partial charge in [0.15, 0.2) is 0 Å². The zero-order chi connectivity index (χ0) is 22.6. The van der Waals surface area contributed by atoms with Gasteiger partial charge in [0.1, 0.15) is 17.7 Å². The lowest BCUT2D eigenvalue weighted by atomic mass is 9.81. The highest BCUT2D eigenvalue weighted by Crippen LogP contribution is 2.65. The van der Waals surface area contributed by atoms with Crippen molar-refractivity contribution >= 4 is 18.0 Å². The predicted molar refractivity (Wildman–Crippen MR) is 104 cm³/mol. The molecule has 3 rings (SSSR count). The summed E-state index contributed by atoms with van der Waals surface area (Å²) in [6, 6.07) is -2.05. The van der Waals surface area contributed by atoms with Crippen LogP contribution in [-0.4, -0.2) is 58.1 Å². The third kappa shape index (κ3) is 4.39. The molecule has 0 bridgehead atoms. The SMILES string of the molecule is CC(C)(C)OC(=O)NC(C(=O)N1C[C@H]2[C@@H]([C@H]1C(=O)O)C2(C)C)C1CCC(F)(F)CC1. The van der Waals surface area contributed by atoms with Crippen molar-refractivity contribution in [1.82, 2.24) is 10.2 Å². The average Bonchev–Trinajstić information content (AvgIpc) is 2.93. The van der Waals surface area contributed by atoms with Crippen LogP contribution in [0.1, 0.15) is 60.3 Å². The van der Waals surface area contributed by atoms with Crippen molar-refractivity contribution in [2.24, 2.45) is 23.2 Å². The van der Waals surface area contributed by atoms with Crippen molar-refractivity contribution in [3.63, 3.8) is 0 Å². The molecular formula is C21H32F2N2O5. The standard InChI is InChI=1S/C21H32F2N2O5/c1-19(2,3)30-18(29)24-14(11-6-8-21(22,23)9-7-11)16(26)25-10-12-13(20(12,4)5)15(25)17(27)28/h11-15H,6-10H2,1-5H3,(H,24,29)(H,27,28)/t12-,13-,14?,15-/m0/s1. The summed E-state index contributed by atoms with van der Waals surface area (Å²) in [4.78, 5) is 39.0. The zero-order valence-electron chi connectivity index (χ0n) is 18.2. The fourth-order valence-corrected chi connectivity index (χ4v) is 5.19. The van der Waals surface area contributed by atoms with E-state index in [1.54, 1.807) is 20.8 Å². The molecule has 3 aliphatic rings. The van der Waals surface area contributed by atoms with Crippen molar-refractivity contribution in [3.05, 3.63) is 0 Å². The number of nitrogens with zero attached hydrogens (tertiary/aromatic N) is 1. The maximum Gasteiger partial charge on any atom is 0.408 e. The van der Waals surface area contributed by atoms with Gasteiger partial charge < -0.3 is 20.1 Å². The molecule has 0 spiro atoms. The van der Waals surface area contributed by atoms with Crippen LogP contribution in [0.5, 0.6) is 0 Å². The van der Waals surface area contributed by atoms with Gasteiger partial charge in [-0.1, -0.05) is 13.8 Å². The predicted octanol–water partition coefficient (Wildman–Crippen LogP) is 3.27. The molecule has 9 heteroatoms. The van der Waals surface area contributed by atoms with Crippen LogP contribution in [0.4, 0.5) is 13.6 Å². The van der Waals surface area contributed by atoms with Gasteiger partial charge >= 0.3 is 12.1 Å². The molecule has 7 nitrogen and oxygen atoms in total. The topological polar surface area (TPSA) is 95.9 Å². The zero-order valence-corrected chi connectivity index (χ0v) is 18.2. The second kappa shape index (κ2) is 7.34. The molecular weight excluding hydrogens is 398 g/mol. The van der Waals surface area contributed by atoms with Gasteiger partial charge in [-0.25, -0.2) is 18.4 Å². The molecule has 3 fully saturated rings. The van der Waals surface area contributed by atoms with E-state index in [4.69, 9.17) is 4.74 Å². The Morgan fingerprint density at radius 1 is 1.17 bits per heavy atom. The first-order valence-corrected chi connectivity index (χ1v) is 10.5. The maximum absolute atomic E-state index is 13.7. The molecule has 0 aromatic rings. The minimum atomic E-state index is -2.78. The molecule has 1 aliphatic heterocycles. The smallest absolute Gasteiger partial charge is 0.408 e. The fraction of sp³-hybridized carbons (Fsp3) is 0.857. The molecule has 170 valence electrons. The van der Waals surface area contributed by atoms with Crippen LogP contribution >= 0.6 is 0 Å². The van der Waals surface area contributed by atoms with E-state index in [9.17, 15) is 28.3 Å². The van der Waals surface area contributed by atoms with Crippen LogP contribution < -0.4 is 5.32 Å². The van der Waals surface area contributed by atoms with E-state index in [0.29, 0.717) is 6.54 Å². The highest BCUT2D eigenvalue weighted by Gasteiger charge is 2.70. The molecule has 2 amide bonds. The number of carbonyl (C=O) groups is 3. The number of fused-ring (bicyclic) bond motifs is 1. The first-order valence-electron chi connectivity index (χ1n) is 10.5. The Balaban J connectivity index is 1.80. The number of likely N-dealkylation sites (tertiary alicyclic amines) is 1. The Labute approximate surface area is 175 Å². The molecule has 1 saturated heterocycles. The number of amides is 2. The van der Waals surface area contributed by atoms with Crippen LogP contribution in [-0.2, 0) is 14.3 Å². The van der Waals surface area contributed by atoms with E-state index < -0.39 is 47.5 Å². The fourth-order valence-electron chi connectivity index (χ4n) is 5.19. The lowest BCUT2D eigenvalue weighted by molar-refractivity contribution is -0.152. The van der Waals surface area contributed by atoms with Gasteiger partial charge in [-0.3, -0.25) is 4.79 Å². The molecule has 0 aromatic carbocycles. The van der Waals surface area contributed by atoms with E-state index in [2.05, 4.69) is 5.32 Å². The molecule has 1 unspecified atom stereocenters. The molecule has 2 aliphatic carbocycles. The minimum Gasteiger partial charge on any atom is -0.480 e. The Bertz CT molecular complexity index is 723. The number of nitrogens with one attached hydrogen (secondary N) is 1. The summed E-state index contributed by atoms with van der Waals surface area (Å²) in [5.41, 5.74) is -0.943. The highest BCUT2D eigenvalue weighted by atomic mass is 19.3. The van der Waals surface area contributed by atoms with Crippen LogP contribution in [0.15, 0.2) is 0 Å². The summed E-state index contributed by atoms with van der Waals surface area (Å²) in [6.07, 6.45) is -1.39. The van der Waals surface area contributed by atoms with E-state index in [0.717, 1.165) is 0 Å². The number of halogens is 2. The third-order valence-corrected chi connectivity index (χ3v) is 6.92. The van der Waals surface area contributed by atoms with Gasteiger partial charge in [-0.2, -0.15) is 0 Å². The molecule has 0 radical (unpaired) electrons. The summed E-state index contributed by atoms with van der Waals surface area (Å²) in [6.45, 7) is 9.31. The van der Waals surface area contributed by atoms with E-state index in [-0.39, 0.29) is 42.9 Å². The number of carboxylic acids is 1. The maximum atomic E-state index is 13.7. The summed E-state index contributed by atoms with van der Waals surface area (Å²) < 4.78 is 32.6. The molecule has 2 N–H and O–H groups in total. The van der Waals surface area contributed by atoms with Crippen LogP contribution in [0.25, 0.3) is 0 Å². The second-order valence-corrected chi connectivity index (χ2v) is 10.5. The highest BCUT2D eigenvalue weighted by molar-refractivity contribution is 5.91. The lowest BCUT2D eigenvalue weighted by Gasteiger charge is -2.37. The Morgan fingerprint density at radius 3 is 2.23 bits per heavy atom. The van der Waals surface area contributed by atoms with E-state index in [1.807, 2.05) is 13.8 Å². The van der Waals surface area contributed by atoms with Gasteiger partial charge in [0.25, 0.3) is 0 Å². The summed E-state index contributed by atoms with van der Waals surface area (Å²) in [5.74, 6) is -4.93. The van der Waals surface area contributed by atoms with Crippen molar-refractivity contribution in [1.29, 1.82) is 0 Å². The van der Waals surface area contributed by atoms with Crippen LogP contribution in [0.3, 0.4) is 0 Å². The first-order chi connectivity index (χ1) is 13.6. The number of ether oxygens (including phenoxy) is 1. The summed E-state index contributed by atoms with van der Waals surface area (Å²) in [7, 11) is 0. The van der Waals surface area contributed by atoms with Gasteiger partial charge in [0.05, 0.1) is 0 Å². The van der Waals surface area contributed by atoms with Gasteiger partial charge in [-0.05, 0) is 50.9 Å². The number of carboxylic acid groups (broad SMARTS) is 1. The molecule has 1 heterocycles. The molecule has 30 heavy (non-hydrogen) atoms. The number of alkyl carbamates (subject to hydrolysis) is 1. The van der Waals surface area contributed by atoms with Crippen molar-refractivity contribution < 1.29 is 33.0 Å². The minimum absolute atomic E-state index is 0.0726. The number of piperidine rings is 1. The van der Waals surface area contributed by atoms with Crippen molar-refractivity contribution in [2.75, 3.05) is 6.54 Å². The van der Waals surface area contributed by atoms with Crippen LogP contribution in [0.2, 0.25) is 0 Å². The van der Waals surface area contributed by atoms with Gasteiger partial charge in [0.2, 0.25) is 11.8 Å². The number of hydrogen-bond donors (Lipinski definition) is 2. The average molecular weight is 430 g/mol. The van der Waals surface area contributed by atoms with Gasteiger partial charge in [0, 0.05) is 25.3 Å². The third-order valence-electron chi connectivity index (χ3n) is 6.92. The number of hydrogen-bond acceptors (Lipinski definition) is 4. The quantitative estimate of drug-likeness (QED) is 0.714. The number of carbonyl (C=O) groups excluding carboxylic acids is 2. The van der Waals surface area contributed by atoms with Crippen molar-refractivity contribution in [3.8, 4) is 0 Å². The monoisotopic (exact) mass is 430 g/mol.